The minimum absolute atomic E-state index is 0.675. The highest BCUT2D eigenvalue weighted by Crippen LogP contribution is 2.34. The molecule has 118 valence electrons. The average molecular weight is 374 g/mol. The van der Waals surface area contributed by atoms with Crippen LogP contribution in [0.4, 0.5) is 0 Å². The summed E-state index contributed by atoms with van der Waals surface area (Å²) in [6.07, 6.45) is 2.90. The number of benzene rings is 1. The van der Waals surface area contributed by atoms with Gasteiger partial charge in [0.25, 0.3) is 0 Å². The van der Waals surface area contributed by atoms with Gasteiger partial charge in [-0.15, -0.1) is 0 Å². The van der Waals surface area contributed by atoms with Crippen LogP contribution in [0.25, 0.3) is 17.0 Å². The molecule has 0 aliphatic carbocycles. The maximum Gasteiger partial charge on any atom is 0.234 e. The summed E-state index contributed by atoms with van der Waals surface area (Å²) in [5.41, 5.74) is 3.88. The van der Waals surface area contributed by atoms with Crippen LogP contribution in [0.15, 0.2) is 28.9 Å². The van der Waals surface area contributed by atoms with Crippen molar-refractivity contribution in [3.05, 3.63) is 40.3 Å². The summed E-state index contributed by atoms with van der Waals surface area (Å²) < 4.78 is 14.4. The first kappa shape index (κ1) is 14.5. The Morgan fingerprint density at radius 3 is 2.70 bits per heavy atom. The zero-order chi connectivity index (χ0) is 16.0. The highest BCUT2D eigenvalue weighted by Gasteiger charge is 2.15. The van der Waals surface area contributed by atoms with E-state index in [2.05, 4.69) is 25.9 Å². The molecule has 3 heterocycles. The van der Waals surface area contributed by atoms with Gasteiger partial charge in [-0.2, -0.15) is 0 Å². The zero-order valence-electron chi connectivity index (χ0n) is 13.0. The van der Waals surface area contributed by atoms with Gasteiger partial charge in [0, 0.05) is 23.9 Å². The number of rotatable bonds is 1. The SMILES string of the molecule is Cc1nc2nc(-c3ccc4c(c3)OCCCO4)cn2c(C)c1Br. The summed E-state index contributed by atoms with van der Waals surface area (Å²) in [6, 6.07) is 5.94. The normalized spacial score (nSPS) is 14.0. The van der Waals surface area contributed by atoms with E-state index >= 15 is 0 Å². The summed E-state index contributed by atoms with van der Waals surface area (Å²) in [4.78, 5) is 9.19. The summed E-state index contributed by atoms with van der Waals surface area (Å²) in [6.45, 7) is 5.38. The van der Waals surface area contributed by atoms with Gasteiger partial charge >= 0.3 is 0 Å². The lowest BCUT2D eigenvalue weighted by Gasteiger charge is -2.07. The van der Waals surface area contributed by atoms with E-state index in [-0.39, 0.29) is 0 Å². The molecule has 2 aromatic heterocycles. The molecule has 0 bridgehead atoms. The van der Waals surface area contributed by atoms with Crippen LogP contribution in [0.3, 0.4) is 0 Å². The third-order valence-electron chi connectivity index (χ3n) is 3.99. The molecule has 0 fully saturated rings. The molecule has 1 aromatic carbocycles. The number of aryl methyl sites for hydroxylation is 2. The first-order valence-corrected chi connectivity index (χ1v) is 8.34. The van der Waals surface area contributed by atoms with E-state index in [4.69, 9.17) is 9.47 Å². The molecule has 6 heteroatoms. The van der Waals surface area contributed by atoms with E-state index in [9.17, 15) is 0 Å². The molecule has 5 nitrogen and oxygen atoms in total. The summed E-state index contributed by atoms with van der Waals surface area (Å²) in [7, 11) is 0. The Hall–Kier alpha value is -2.08. The number of ether oxygens (including phenoxy) is 2. The molecule has 0 atom stereocenters. The van der Waals surface area contributed by atoms with E-state index in [0.29, 0.717) is 19.0 Å². The van der Waals surface area contributed by atoms with Gasteiger partial charge in [-0.3, -0.25) is 4.40 Å². The quantitative estimate of drug-likeness (QED) is 0.648. The molecule has 0 spiro atoms. The molecule has 0 saturated heterocycles. The molecular weight excluding hydrogens is 358 g/mol. The largest absolute Gasteiger partial charge is 0.490 e. The third-order valence-corrected chi connectivity index (χ3v) is 5.14. The van der Waals surface area contributed by atoms with Crippen molar-refractivity contribution in [2.45, 2.75) is 20.3 Å². The van der Waals surface area contributed by atoms with Gasteiger partial charge < -0.3 is 9.47 Å². The highest BCUT2D eigenvalue weighted by molar-refractivity contribution is 9.10. The topological polar surface area (TPSA) is 48.7 Å². The van der Waals surface area contributed by atoms with Gasteiger partial charge in [0.05, 0.1) is 29.1 Å². The minimum Gasteiger partial charge on any atom is -0.490 e. The average Bonchev–Trinajstić information content (AvgIpc) is 2.83. The number of imidazole rings is 1. The van der Waals surface area contributed by atoms with Crippen LogP contribution in [0, 0.1) is 13.8 Å². The van der Waals surface area contributed by atoms with Crippen molar-refractivity contribution in [1.82, 2.24) is 14.4 Å². The molecule has 0 unspecified atom stereocenters. The molecule has 0 N–H and O–H groups in total. The van der Waals surface area contributed by atoms with Crippen molar-refractivity contribution < 1.29 is 9.47 Å². The number of aromatic nitrogens is 3. The lowest BCUT2D eigenvalue weighted by molar-refractivity contribution is 0.297. The van der Waals surface area contributed by atoms with E-state index in [1.807, 2.05) is 42.6 Å². The van der Waals surface area contributed by atoms with Gasteiger partial charge in [-0.25, -0.2) is 9.97 Å². The fraction of sp³-hybridized carbons (Fsp3) is 0.294. The van der Waals surface area contributed by atoms with Crippen LogP contribution >= 0.6 is 15.9 Å². The van der Waals surface area contributed by atoms with Crippen LogP contribution in [0.5, 0.6) is 11.5 Å². The van der Waals surface area contributed by atoms with E-state index in [0.717, 1.165) is 45.0 Å². The van der Waals surface area contributed by atoms with Crippen LogP contribution in [0.2, 0.25) is 0 Å². The van der Waals surface area contributed by atoms with Gasteiger partial charge in [0.1, 0.15) is 0 Å². The third kappa shape index (κ3) is 2.47. The molecular formula is C17H16BrN3O2. The fourth-order valence-electron chi connectivity index (χ4n) is 2.72. The van der Waals surface area contributed by atoms with Crippen LogP contribution in [0.1, 0.15) is 17.8 Å². The van der Waals surface area contributed by atoms with Crippen LogP contribution in [-0.2, 0) is 0 Å². The van der Waals surface area contributed by atoms with Crippen LogP contribution in [-0.4, -0.2) is 27.6 Å². The van der Waals surface area contributed by atoms with Gasteiger partial charge in [0.15, 0.2) is 11.5 Å². The number of halogens is 1. The lowest BCUT2D eigenvalue weighted by Crippen LogP contribution is -1.97. The fourth-order valence-corrected chi connectivity index (χ4v) is 3.00. The van der Waals surface area contributed by atoms with Crippen molar-refractivity contribution in [2.24, 2.45) is 0 Å². The first-order chi connectivity index (χ1) is 11.1. The van der Waals surface area contributed by atoms with Crippen molar-refractivity contribution >= 4 is 21.7 Å². The molecule has 0 amide bonds. The zero-order valence-corrected chi connectivity index (χ0v) is 14.6. The predicted octanol–water partition coefficient (Wildman–Crippen LogP) is 3.94. The maximum atomic E-state index is 5.76. The maximum absolute atomic E-state index is 5.76. The van der Waals surface area contributed by atoms with Crippen molar-refractivity contribution in [3.63, 3.8) is 0 Å². The minimum atomic E-state index is 0.675. The Morgan fingerprint density at radius 1 is 1.09 bits per heavy atom. The van der Waals surface area contributed by atoms with Crippen molar-refractivity contribution in [2.75, 3.05) is 13.2 Å². The Kier molecular flexibility index (Phi) is 3.49. The number of hydrogen-bond acceptors (Lipinski definition) is 4. The Morgan fingerprint density at radius 2 is 1.87 bits per heavy atom. The van der Waals surface area contributed by atoms with Crippen molar-refractivity contribution in [3.8, 4) is 22.8 Å². The smallest absolute Gasteiger partial charge is 0.234 e. The molecule has 0 saturated carbocycles. The second kappa shape index (κ2) is 5.53. The molecule has 3 aromatic rings. The monoisotopic (exact) mass is 373 g/mol. The first-order valence-electron chi connectivity index (χ1n) is 7.55. The Bertz CT molecular complexity index is 904. The summed E-state index contributed by atoms with van der Waals surface area (Å²) >= 11 is 3.58. The van der Waals surface area contributed by atoms with E-state index in [1.54, 1.807) is 0 Å². The van der Waals surface area contributed by atoms with Gasteiger partial charge in [-0.05, 0) is 48.0 Å². The number of fused-ring (bicyclic) bond motifs is 2. The molecule has 0 radical (unpaired) electrons. The predicted molar refractivity (Wildman–Crippen MR) is 91.2 cm³/mol. The lowest BCUT2D eigenvalue weighted by atomic mass is 10.1. The standard InChI is InChI=1S/C17H16BrN3O2/c1-10-16(18)11(2)21-9-13(20-17(21)19-10)12-4-5-14-15(8-12)23-7-3-6-22-14/h4-5,8-9H,3,6-7H2,1-2H3. The molecule has 1 aliphatic heterocycles. The number of nitrogens with zero attached hydrogens (tertiary/aromatic N) is 3. The van der Waals surface area contributed by atoms with Crippen LogP contribution < -0.4 is 9.47 Å². The highest BCUT2D eigenvalue weighted by atomic mass is 79.9. The Labute approximate surface area is 142 Å². The second-order valence-corrected chi connectivity index (χ2v) is 6.40. The molecule has 1 aliphatic rings. The van der Waals surface area contributed by atoms with E-state index < -0.39 is 0 Å². The number of hydrogen-bond donors (Lipinski definition) is 0. The summed E-state index contributed by atoms with van der Waals surface area (Å²) in [5, 5.41) is 0. The summed E-state index contributed by atoms with van der Waals surface area (Å²) in [5.74, 6) is 2.27. The van der Waals surface area contributed by atoms with E-state index in [1.165, 1.54) is 0 Å². The van der Waals surface area contributed by atoms with Gasteiger partial charge in [-0.1, -0.05) is 0 Å². The Balaban J connectivity index is 1.83. The van der Waals surface area contributed by atoms with Gasteiger partial charge in [0.2, 0.25) is 5.78 Å². The molecule has 23 heavy (non-hydrogen) atoms. The second-order valence-electron chi connectivity index (χ2n) is 5.60. The molecule has 4 rings (SSSR count). The van der Waals surface area contributed by atoms with Crippen molar-refractivity contribution in [1.29, 1.82) is 0 Å².